The Morgan fingerprint density at radius 2 is 1.48 bits per heavy atom. The molecule has 0 N–H and O–H groups in total. The van der Waals surface area contributed by atoms with Gasteiger partial charge >= 0.3 is 0 Å². The molecule has 1 aromatic heterocycles. The first kappa shape index (κ1) is 25.2. The van der Waals surface area contributed by atoms with Crippen molar-refractivity contribution in [1.82, 2.24) is 10.1 Å². The Morgan fingerprint density at radius 3 is 2.00 bits per heavy atom. The lowest BCUT2D eigenvalue weighted by molar-refractivity contribution is 0.254. The van der Waals surface area contributed by atoms with E-state index in [9.17, 15) is 0 Å². The number of aryl methyl sites for hydroxylation is 2. The Morgan fingerprint density at radius 1 is 0.889 bits per heavy atom. The summed E-state index contributed by atoms with van der Waals surface area (Å²) in [7, 11) is 0. The summed E-state index contributed by atoms with van der Waals surface area (Å²) < 4.78 is 5.10. The first-order chi connectivity index (χ1) is 13.3. The van der Waals surface area contributed by atoms with Gasteiger partial charge in [-0.05, 0) is 38.4 Å². The Labute approximate surface area is 167 Å². The van der Waals surface area contributed by atoms with Gasteiger partial charge in [-0.2, -0.15) is 0 Å². The molecule has 0 radical (unpaired) electrons. The number of piperazine rings is 1. The molecular formula is C23H41N3O. The summed E-state index contributed by atoms with van der Waals surface area (Å²) in [5, 5.41) is 4.05. The minimum Gasteiger partial charge on any atom is -0.369 e. The van der Waals surface area contributed by atoms with Crippen LogP contribution in [0.2, 0.25) is 0 Å². The van der Waals surface area contributed by atoms with Crippen molar-refractivity contribution in [1.29, 1.82) is 0 Å². The molecule has 1 aliphatic rings. The highest BCUT2D eigenvalue weighted by molar-refractivity contribution is 5.46. The third-order valence-electron chi connectivity index (χ3n) is 4.08. The maximum atomic E-state index is 5.10. The lowest BCUT2D eigenvalue weighted by Crippen LogP contribution is -2.46. The molecule has 0 amide bonds. The summed E-state index contributed by atoms with van der Waals surface area (Å²) in [6.07, 6.45) is 2.16. The zero-order chi connectivity index (χ0) is 20.5. The van der Waals surface area contributed by atoms with Crippen LogP contribution in [0.1, 0.15) is 59.4 Å². The molecular weight excluding hydrogens is 334 g/mol. The quantitative estimate of drug-likeness (QED) is 0.659. The van der Waals surface area contributed by atoms with Gasteiger partial charge in [0, 0.05) is 37.9 Å². The maximum absolute atomic E-state index is 5.10. The van der Waals surface area contributed by atoms with Crippen LogP contribution in [0, 0.1) is 6.92 Å². The molecule has 0 aliphatic carbocycles. The van der Waals surface area contributed by atoms with E-state index in [0.717, 1.165) is 57.0 Å². The molecule has 4 heteroatoms. The van der Waals surface area contributed by atoms with E-state index in [-0.39, 0.29) is 0 Å². The second-order valence-electron chi connectivity index (χ2n) is 5.70. The first-order valence-electron chi connectivity index (χ1n) is 10.8. The van der Waals surface area contributed by atoms with E-state index in [4.69, 9.17) is 4.52 Å². The summed E-state index contributed by atoms with van der Waals surface area (Å²) in [4.78, 5) is 5.02. The smallest absolute Gasteiger partial charge is 0.133 e. The number of nitrogens with zero attached hydrogens (tertiary/aromatic N) is 3. The van der Waals surface area contributed by atoms with Crippen LogP contribution in [0.4, 0.5) is 5.69 Å². The van der Waals surface area contributed by atoms with Gasteiger partial charge in [0.15, 0.2) is 0 Å². The van der Waals surface area contributed by atoms with Crippen molar-refractivity contribution in [2.75, 3.05) is 37.6 Å². The van der Waals surface area contributed by atoms with E-state index in [1.54, 1.807) is 0 Å². The number of hydrogen-bond acceptors (Lipinski definition) is 4. The van der Waals surface area contributed by atoms with Crippen LogP contribution in [0.25, 0.3) is 0 Å². The van der Waals surface area contributed by atoms with Gasteiger partial charge in [0.05, 0.1) is 5.69 Å². The van der Waals surface area contributed by atoms with Gasteiger partial charge in [0.1, 0.15) is 5.76 Å². The molecule has 27 heavy (non-hydrogen) atoms. The normalized spacial score (nSPS) is 13.4. The number of anilines is 1. The average Bonchev–Trinajstić information content (AvgIpc) is 3.19. The van der Waals surface area contributed by atoms with Crippen LogP contribution in [-0.4, -0.2) is 42.8 Å². The largest absolute Gasteiger partial charge is 0.369 e. The van der Waals surface area contributed by atoms with Crippen LogP contribution in [0.3, 0.4) is 0 Å². The zero-order valence-corrected chi connectivity index (χ0v) is 18.7. The third-order valence-corrected chi connectivity index (χ3v) is 4.08. The second kappa shape index (κ2) is 16.4. The minimum atomic E-state index is 0.904. The highest BCUT2D eigenvalue weighted by atomic mass is 16.5. The Bertz CT molecular complexity index is 546. The number of para-hydroxylation sites is 1. The molecule has 1 aromatic carbocycles. The van der Waals surface area contributed by atoms with Crippen molar-refractivity contribution < 1.29 is 4.52 Å². The van der Waals surface area contributed by atoms with Crippen LogP contribution in [-0.2, 0) is 6.42 Å². The standard InChI is InChI=1S/C17H23N3O.3C2H6/c1-15-14-16(18-21-15)6-5-9-19-10-12-20(13-11-19)17-7-3-2-4-8-17;3*1-2/h2-4,7-8,14H,5-6,9-13H2,1H3;3*1-2H3. The second-order valence-corrected chi connectivity index (χ2v) is 5.70. The van der Waals surface area contributed by atoms with Crippen molar-refractivity contribution in [2.24, 2.45) is 0 Å². The van der Waals surface area contributed by atoms with Crippen molar-refractivity contribution >= 4 is 5.69 Å². The van der Waals surface area contributed by atoms with Crippen LogP contribution in [0.15, 0.2) is 40.9 Å². The molecule has 0 atom stereocenters. The summed E-state index contributed by atoms with van der Waals surface area (Å²) in [6, 6.07) is 12.7. The van der Waals surface area contributed by atoms with E-state index in [2.05, 4.69) is 45.3 Å². The van der Waals surface area contributed by atoms with Crippen LogP contribution in [0.5, 0.6) is 0 Å². The fourth-order valence-electron chi connectivity index (χ4n) is 2.89. The molecule has 4 nitrogen and oxygen atoms in total. The van der Waals surface area contributed by atoms with Gasteiger partial charge in [0.25, 0.3) is 0 Å². The highest BCUT2D eigenvalue weighted by Crippen LogP contribution is 2.15. The summed E-state index contributed by atoms with van der Waals surface area (Å²) in [5.41, 5.74) is 2.42. The van der Waals surface area contributed by atoms with Gasteiger partial charge in [-0.3, -0.25) is 4.90 Å². The molecule has 154 valence electrons. The topological polar surface area (TPSA) is 32.5 Å². The Hall–Kier alpha value is -1.81. The molecule has 1 fully saturated rings. The van der Waals surface area contributed by atoms with Crippen LogP contribution >= 0.6 is 0 Å². The molecule has 1 saturated heterocycles. The number of benzene rings is 1. The molecule has 0 saturated carbocycles. The lowest BCUT2D eigenvalue weighted by Gasteiger charge is -2.36. The maximum Gasteiger partial charge on any atom is 0.133 e. The molecule has 0 unspecified atom stereocenters. The van der Waals surface area contributed by atoms with E-state index in [1.807, 2.05) is 54.5 Å². The molecule has 2 aromatic rings. The summed E-state index contributed by atoms with van der Waals surface area (Å²) in [5.74, 6) is 0.904. The van der Waals surface area contributed by atoms with Crippen molar-refractivity contribution in [3.05, 3.63) is 47.9 Å². The third kappa shape index (κ3) is 9.62. The first-order valence-corrected chi connectivity index (χ1v) is 10.8. The van der Waals surface area contributed by atoms with Gasteiger partial charge in [0.2, 0.25) is 0 Å². The average molecular weight is 376 g/mol. The van der Waals surface area contributed by atoms with E-state index in [0.29, 0.717) is 0 Å². The molecule has 1 aliphatic heterocycles. The minimum absolute atomic E-state index is 0.904. The lowest BCUT2D eigenvalue weighted by atomic mass is 10.2. The molecule has 0 spiro atoms. The number of rotatable bonds is 5. The predicted molar refractivity (Wildman–Crippen MR) is 119 cm³/mol. The van der Waals surface area contributed by atoms with Crippen LogP contribution < -0.4 is 4.90 Å². The number of hydrogen-bond donors (Lipinski definition) is 0. The monoisotopic (exact) mass is 375 g/mol. The van der Waals surface area contributed by atoms with Crippen molar-refractivity contribution in [3.63, 3.8) is 0 Å². The fraction of sp³-hybridized carbons (Fsp3) is 0.609. The van der Waals surface area contributed by atoms with Gasteiger partial charge in [-0.25, -0.2) is 0 Å². The SMILES string of the molecule is CC.CC.CC.Cc1cc(CCCN2CCN(c3ccccc3)CC2)no1. The fourth-order valence-corrected chi connectivity index (χ4v) is 2.89. The molecule has 2 heterocycles. The molecule has 3 rings (SSSR count). The van der Waals surface area contributed by atoms with Gasteiger partial charge < -0.3 is 9.42 Å². The van der Waals surface area contributed by atoms with Gasteiger partial charge in [-0.15, -0.1) is 0 Å². The zero-order valence-electron chi connectivity index (χ0n) is 18.7. The molecule has 0 bridgehead atoms. The highest BCUT2D eigenvalue weighted by Gasteiger charge is 2.16. The Kier molecular flexibility index (Phi) is 15.3. The van der Waals surface area contributed by atoms with Crippen molar-refractivity contribution in [3.8, 4) is 0 Å². The Balaban J connectivity index is 0.00000103. The van der Waals surface area contributed by atoms with E-state index in [1.165, 1.54) is 5.69 Å². The predicted octanol–water partition coefficient (Wildman–Crippen LogP) is 5.82. The van der Waals surface area contributed by atoms with Gasteiger partial charge in [-0.1, -0.05) is 64.9 Å². The van der Waals surface area contributed by atoms with Crippen molar-refractivity contribution in [2.45, 2.75) is 61.3 Å². The van der Waals surface area contributed by atoms with E-state index < -0.39 is 0 Å². The van der Waals surface area contributed by atoms with E-state index >= 15 is 0 Å². The summed E-state index contributed by atoms with van der Waals surface area (Å²) >= 11 is 0. The number of aromatic nitrogens is 1. The summed E-state index contributed by atoms with van der Waals surface area (Å²) in [6.45, 7) is 19.6.